The van der Waals surface area contributed by atoms with Crippen molar-refractivity contribution in [3.05, 3.63) is 65.2 Å². The number of aryl methyl sites for hydroxylation is 1. The molecule has 2 atom stereocenters. The van der Waals surface area contributed by atoms with Gasteiger partial charge in [0.05, 0.1) is 11.6 Å². The molecule has 0 unspecified atom stereocenters. The van der Waals surface area contributed by atoms with E-state index in [9.17, 15) is 19.5 Å². The summed E-state index contributed by atoms with van der Waals surface area (Å²) in [6, 6.07) is 13.9. The second-order valence-electron chi connectivity index (χ2n) is 6.75. The van der Waals surface area contributed by atoms with Crippen LogP contribution in [0, 0.1) is 5.92 Å². The molecule has 0 aromatic heterocycles. The molecule has 4 rings (SSSR count). The van der Waals surface area contributed by atoms with Crippen LogP contribution in [0.25, 0.3) is 0 Å². The Morgan fingerprint density at radius 2 is 1.85 bits per heavy atom. The summed E-state index contributed by atoms with van der Waals surface area (Å²) in [5.74, 6) is -2.50. The Kier molecular flexibility index (Phi) is 3.66. The standard InChI is InChI=1S/C20H18N2O4/c21-17(23)11-22-16-8-4-3-7-14(16)20(26,19(22)25)15-10-9-12-5-1-2-6-13(12)18(15)24/h1-8,15,26H,9-11H2,(H2,21,23)/t15-,20+/m0/s1. The number of carbonyl (C=O) groups excluding carboxylic acids is 3. The molecule has 6 nitrogen and oxygen atoms in total. The lowest BCUT2D eigenvalue weighted by Gasteiger charge is -2.34. The fraction of sp³-hybridized carbons (Fsp3) is 0.250. The second kappa shape index (κ2) is 5.78. The molecule has 6 heteroatoms. The van der Waals surface area contributed by atoms with E-state index in [0.717, 1.165) is 5.56 Å². The van der Waals surface area contributed by atoms with Crippen molar-refractivity contribution in [2.75, 3.05) is 11.4 Å². The van der Waals surface area contributed by atoms with Crippen LogP contribution in [0.15, 0.2) is 48.5 Å². The molecule has 2 amide bonds. The number of amides is 2. The van der Waals surface area contributed by atoms with Crippen molar-refractivity contribution in [1.82, 2.24) is 0 Å². The molecule has 0 fully saturated rings. The number of ketones is 1. The minimum absolute atomic E-state index is 0.251. The van der Waals surface area contributed by atoms with Gasteiger partial charge < -0.3 is 10.8 Å². The lowest BCUT2D eigenvalue weighted by Crippen LogP contribution is -2.51. The molecule has 0 bridgehead atoms. The second-order valence-corrected chi connectivity index (χ2v) is 6.75. The van der Waals surface area contributed by atoms with E-state index >= 15 is 0 Å². The molecule has 0 saturated carbocycles. The minimum Gasteiger partial charge on any atom is -0.375 e. The number of nitrogens with zero attached hydrogens (tertiary/aromatic N) is 1. The quantitative estimate of drug-likeness (QED) is 0.867. The molecule has 1 heterocycles. The Labute approximate surface area is 150 Å². The maximum atomic E-state index is 13.1. The van der Waals surface area contributed by atoms with Crippen molar-refractivity contribution in [2.45, 2.75) is 18.4 Å². The summed E-state index contributed by atoms with van der Waals surface area (Å²) in [5, 5.41) is 11.5. The third-order valence-electron chi connectivity index (χ3n) is 5.30. The molecule has 2 aliphatic rings. The zero-order chi connectivity index (χ0) is 18.5. The average molecular weight is 350 g/mol. The fourth-order valence-corrected chi connectivity index (χ4v) is 4.11. The molecule has 3 N–H and O–H groups in total. The van der Waals surface area contributed by atoms with Crippen LogP contribution in [0.5, 0.6) is 0 Å². The maximum Gasteiger partial charge on any atom is 0.264 e. The largest absolute Gasteiger partial charge is 0.375 e. The van der Waals surface area contributed by atoms with Gasteiger partial charge in [-0.1, -0.05) is 42.5 Å². The van der Waals surface area contributed by atoms with Gasteiger partial charge in [-0.15, -0.1) is 0 Å². The van der Waals surface area contributed by atoms with Gasteiger partial charge in [-0.05, 0) is 24.5 Å². The van der Waals surface area contributed by atoms with E-state index in [4.69, 9.17) is 5.73 Å². The van der Waals surface area contributed by atoms with Gasteiger partial charge in [0.15, 0.2) is 11.4 Å². The monoisotopic (exact) mass is 350 g/mol. The number of aliphatic hydroxyl groups is 1. The normalized spacial score (nSPS) is 24.3. The van der Waals surface area contributed by atoms with Gasteiger partial charge in [0.25, 0.3) is 5.91 Å². The summed E-state index contributed by atoms with van der Waals surface area (Å²) in [4.78, 5) is 38.7. The van der Waals surface area contributed by atoms with E-state index < -0.39 is 23.3 Å². The molecular formula is C20H18N2O4. The van der Waals surface area contributed by atoms with Crippen LogP contribution in [0.3, 0.4) is 0 Å². The average Bonchev–Trinajstić information content (AvgIpc) is 2.85. The van der Waals surface area contributed by atoms with Crippen LogP contribution in [-0.4, -0.2) is 29.2 Å². The SMILES string of the molecule is NC(=O)CN1C(=O)[C@](O)([C@H]2CCc3ccccc3C2=O)c2ccccc21. The molecule has 2 aromatic rings. The van der Waals surface area contributed by atoms with Gasteiger partial charge >= 0.3 is 0 Å². The van der Waals surface area contributed by atoms with Crippen LogP contribution in [0.4, 0.5) is 5.69 Å². The lowest BCUT2D eigenvalue weighted by atomic mass is 9.71. The Hall–Kier alpha value is -2.99. The van der Waals surface area contributed by atoms with Crippen LogP contribution < -0.4 is 10.6 Å². The molecule has 0 spiro atoms. The highest BCUT2D eigenvalue weighted by molar-refractivity contribution is 6.13. The zero-order valence-electron chi connectivity index (χ0n) is 14.0. The van der Waals surface area contributed by atoms with Crippen molar-refractivity contribution >= 4 is 23.3 Å². The van der Waals surface area contributed by atoms with Crippen LogP contribution in [-0.2, 0) is 21.6 Å². The van der Waals surface area contributed by atoms with Gasteiger partial charge in [0, 0.05) is 11.1 Å². The highest BCUT2D eigenvalue weighted by atomic mass is 16.3. The van der Waals surface area contributed by atoms with Crippen molar-refractivity contribution in [2.24, 2.45) is 11.7 Å². The Morgan fingerprint density at radius 3 is 2.62 bits per heavy atom. The Morgan fingerprint density at radius 1 is 1.15 bits per heavy atom. The minimum atomic E-state index is -1.99. The van der Waals surface area contributed by atoms with Gasteiger partial charge in [-0.2, -0.15) is 0 Å². The summed E-state index contributed by atoms with van der Waals surface area (Å²) >= 11 is 0. The van der Waals surface area contributed by atoms with Gasteiger partial charge in [-0.25, -0.2) is 0 Å². The topological polar surface area (TPSA) is 101 Å². The smallest absolute Gasteiger partial charge is 0.264 e. The lowest BCUT2D eigenvalue weighted by molar-refractivity contribution is -0.141. The van der Waals surface area contributed by atoms with Gasteiger partial charge in [-0.3, -0.25) is 19.3 Å². The summed E-state index contributed by atoms with van der Waals surface area (Å²) in [6.07, 6.45) is 0.955. The van der Waals surface area contributed by atoms with E-state index in [-0.39, 0.29) is 12.3 Å². The highest BCUT2D eigenvalue weighted by Crippen LogP contribution is 2.48. The summed E-state index contributed by atoms with van der Waals surface area (Å²) in [6.45, 7) is -0.338. The predicted octanol–water partition coefficient (Wildman–Crippen LogP) is 1.15. The number of primary amides is 1. The van der Waals surface area contributed by atoms with E-state index in [1.807, 2.05) is 12.1 Å². The summed E-state index contributed by atoms with van der Waals surface area (Å²) < 4.78 is 0. The Balaban J connectivity index is 1.82. The first-order valence-electron chi connectivity index (χ1n) is 8.49. The van der Waals surface area contributed by atoms with E-state index in [1.54, 1.807) is 36.4 Å². The van der Waals surface area contributed by atoms with Crippen molar-refractivity contribution in [1.29, 1.82) is 0 Å². The molecule has 2 aromatic carbocycles. The van der Waals surface area contributed by atoms with E-state index in [0.29, 0.717) is 29.7 Å². The van der Waals surface area contributed by atoms with Gasteiger partial charge in [0.1, 0.15) is 6.54 Å². The number of benzene rings is 2. The number of hydrogen-bond donors (Lipinski definition) is 2. The molecular weight excluding hydrogens is 332 g/mol. The maximum absolute atomic E-state index is 13.1. The summed E-state index contributed by atoms with van der Waals surface area (Å²) in [5.41, 5.74) is 5.51. The van der Waals surface area contributed by atoms with Gasteiger partial charge in [0.2, 0.25) is 5.91 Å². The Bertz CT molecular complexity index is 939. The van der Waals surface area contributed by atoms with Crippen molar-refractivity contribution < 1.29 is 19.5 Å². The predicted molar refractivity (Wildman–Crippen MR) is 94.5 cm³/mol. The first kappa shape index (κ1) is 16.5. The van der Waals surface area contributed by atoms with E-state index in [2.05, 4.69) is 0 Å². The number of fused-ring (bicyclic) bond motifs is 2. The number of para-hydroxylation sites is 1. The number of hydrogen-bond acceptors (Lipinski definition) is 4. The van der Waals surface area contributed by atoms with Crippen molar-refractivity contribution in [3.63, 3.8) is 0 Å². The molecule has 1 aliphatic carbocycles. The molecule has 132 valence electrons. The molecule has 0 saturated heterocycles. The molecule has 0 radical (unpaired) electrons. The fourth-order valence-electron chi connectivity index (χ4n) is 4.11. The van der Waals surface area contributed by atoms with E-state index in [1.165, 1.54) is 4.90 Å². The number of nitrogens with two attached hydrogens (primary N) is 1. The third kappa shape index (κ3) is 2.19. The van der Waals surface area contributed by atoms with Crippen LogP contribution in [0.2, 0.25) is 0 Å². The third-order valence-corrected chi connectivity index (χ3v) is 5.30. The van der Waals surface area contributed by atoms with Crippen LogP contribution >= 0.6 is 0 Å². The first-order valence-corrected chi connectivity index (χ1v) is 8.49. The van der Waals surface area contributed by atoms with Crippen molar-refractivity contribution in [3.8, 4) is 0 Å². The number of Topliss-reactive ketones (excluding diaryl/α,β-unsaturated/α-hetero) is 1. The summed E-state index contributed by atoms with van der Waals surface area (Å²) in [7, 11) is 0. The number of anilines is 1. The molecule has 1 aliphatic heterocycles. The zero-order valence-corrected chi connectivity index (χ0v) is 14.0. The highest BCUT2D eigenvalue weighted by Gasteiger charge is 2.57. The number of rotatable bonds is 3. The number of carbonyl (C=O) groups is 3. The van der Waals surface area contributed by atoms with Crippen LogP contribution in [0.1, 0.15) is 27.9 Å². The molecule has 26 heavy (non-hydrogen) atoms. The first-order chi connectivity index (χ1) is 12.4.